The van der Waals surface area contributed by atoms with E-state index >= 15 is 0 Å². The maximum absolute atomic E-state index is 6.08. The smallest absolute Gasteiger partial charge is 0.0503 e. The molecule has 212 valence electrons. The van der Waals surface area contributed by atoms with Crippen molar-refractivity contribution < 1.29 is 4.74 Å². The molecule has 0 amide bonds. The van der Waals surface area contributed by atoms with E-state index < -0.39 is 0 Å². The minimum atomic E-state index is 0.860. The van der Waals surface area contributed by atoms with Crippen LogP contribution in [-0.2, 0) is 30.4 Å². The summed E-state index contributed by atoms with van der Waals surface area (Å²) in [6.07, 6.45) is 25.1. The average molecular weight is 527 g/mol. The molecule has 1 nitrogen and oxygen atoms in total. The molecule has 2 atom stereocenters. The van der Waals surface area contributed by atoms with Crippen LogP contribution < -0.4 is 0 Å². The first-order valence-electron chi connectivity index (χ1n) is 16.3. The molecule has 0 spiro atoms. The van der Waals surface area contributed by atoms with E-state index in [1.165, 1.54) is 112 Å². The molecule has 4 rings (SSSR count). The van der Waals surface area contributed by atoms with Gasteiger partial charge in [0.05, 0.1) is 13.2 Å². The van der Waals surface area contributed by atoms with Crippen LogP contribution in [0.15, 0.2) is 71.8 Å². The summed E-state index contributed by atoms with van der Waals surface area (Å²) in [5.41, 5.74) is 9.25. The molecule has 2 aromatic rings. The zero-order chi connectivity index (χ0) is 27.1. The highest BCUT2D eigenvalue weighted by Gasteiger charge is 2.16. The second-order valence-electron chi connectivity index (χ2n) is 12.3. The van der Waals surface area contributed by atoms with Crippen LogP contribution in [0.5, 0.6) is 0 Å². The number of hydrogen-bond donors (Lipinski definition) is 0. The van der Waals surface area contributed by atoms with Crippen LogP contribution in [-0.4, -0.2) is 13.2 Å². The molecule has 0 aromatic heterocycles. The molecule has 2 unspecified atom stereocenters. The Morgan fingerprint density at radius 2 is 0.923 bits per heavy atom. The van der Waals surface area contributed by atoms with E-state index in [1.807, 2.05) is 0 Å². The zero-order valence-corrected chi connectivity index (χ0v) is 25.1. The van der Waals surface area contributed by atoms with E-state index in [2.05, 4.69) is 74.5 Å². The summed E-state index contributed by atoms with van der Waals surface area (Å²) in [4.78, 5) is 0. The third kappa shape index (κ3) is 10.8. The standard InChI is InChI=1S/C38H54O/c1-3-5-31-7-11-33(12-8-31)15-17-35-19-23-37(24-20-35)27-29-39-30-28-38-25-21-36(22-26-38)18-16-34-13-9-32(6-4-2)10-14-34/h7-14,23,25,35-36H,3-6,15-22,24,26-30H2,1-2H3. The monoisotopic (exact) mass is 526 g/mol. The second-order valence-corrected chi connectivity index (χ2v) is 12.3. The highest BCUT2D eigenvalue weighted by molar-refractivity contribution is 5.24. The van der Waals surface area contributed by atoms with Gasteiger partial charge in [0.2, 0.25) is 0 Å². The number of rotatable bonds is 16. The minimum Gasteiger partial charge on any atom is -0.381 e. The van der Waals surface area contributed by atoms with Gasteiger partial charge in [-0.05, 0) is 124 Å². The van der Waals surface area contributed by atoms with Gasteiger partial charge in [0.15, 0.2) is 0 Å². The lowest BCUT2D eigenvalue weighted by molar-refractivity contribution is 0.138. The van der Waals surface area contributed by atoms with Gasteiger partial charge in [-0.25, -0.2) is 0 Å². The third-order valence-electron chi connectivity index (χ3n) is 9.17. The molecule has 0 bridgehead atoms. The van der Waals surface area contributed by atoms with Crippen molar-refractivity contribution in [2.45, 2.75) is 117 Å². The number of allylic oxidation sites excluding steroid dienone is 2. The molecule has 2 aromatic carbocycles. The van der Waals surface area contributed by atoms with Crippen molar-refractivity contribution in [3.63, 3.8) is 0 Å². The van der Waals surface area contributed by atoms with Crippen LogP contribution >= 0.6 is 0 Å². The van der Waals surface area contributed by atoms with Gasteiger partial charge < -0.3 is 4.74 Å². The van der Waals surface area contributed by atoms with E-state index in [0.717, 1.165) is 37.9 Å². The molecule has 0 saturated heterocycles. The normalized spacial score (nSPS) is 19.5. The van der Waals surface area contributed by atoms with Crippen molar-refractivity contribution in [3.8, 4) is 0 Å². The number of hydrogen-bond acceptors (Lipinski definition) is 1. The predicted molar refractivity (Wildman–Crippen MR) is 168 cm³/mol. The van der Waals surface area contributed by atoms with E-state index in [-0.39, 0.29) is 0 Å². The van der Waals surface area contributed by atoms with Crippen molar-refractivity contribution in [3.05, 3.63) is 94.1 Å². The lowest BCUT2D eigenvalue weighted by Crippen LogP contribution is -2.10. The van der Waals surface area contributed by atoms with Gasteiger partial charge in [-0.3, -0.25) is 0 Å². The van der Waals surface area contributed by atoms with E-state index in [1.54, 1.807) is 11.1 Å². The summed E-state index contributed by atoms with van der Waals surface area (Å²) in [7, 11) is 0. The Labute approximate surface area is 240 Å². The Bertz CT molecular complexity index is 926. The maximum Gasteiger partial charge on any atom is 0.0503 e. The first-order chi connectivity index (χ1) is 19.2. The Morgan fingerprint density at radius 3 is 1.26 bits per heavy atom. The van der Waals surface area contributed by atoms with E-state index in [4.69, 9.17) is 4.74 Å². The highest BCUT2D eigenvalue weighted by Crippen LogP contribution is 2.30. The van der Waals surface area contributed by atoms with Gasteiger partial charge in [0.1, 0.15) is 0 Å². The molecule has 0 fully saturated rings. The predicted octanol–water partition coefficient (Wildman–Crippen LogP) is 10.4. The lowest BCUT2D eigenvalue weighted by atomic mass is 9.84. The maximum atomic E-state index is 6.08. The van der Waals surface area contributed by atoms with Gasteiger partial charge >= 0.3 is 0 Å². The van der Waals surface area contributed by atoms with Gasteiger partial charge in [0, 0.05) is 0 Å². The molecule has 1 heteroatoms. The quantitative estimate of drug-likeness (QED) is 0.156. The van der Waals surface area contributed by atoms with E-state index in [0.29, 0.717) is 0 Å². The van der Waals surface area contributed by atoms with Crippen LogP contribution in [0.2, 0.25) is 0 Å². The first kappa shape index (κ1) is 29.9. The molecule has 0 heterocycles. The summed E-state index contributed by atoms with van der Waals surface area (Å²) in [6, 6.07) is 18.7. The Morgan fingerprint density at radius 1 is 0.538 bits per heavy atom. The average Bonchev–Trinajstić information content (AvgIpc) is 2.98. The van der Waals surface area contributed by atoms with Crippen LogP contribution in [0.25, 0.3) is 0 Å². The molecular weight excluding hydrogens is 472 g/mol. The van der Waals surface area contributed by atoms with Crippen LogP contribution in [0.3, 0.4) is 0 Å². The zero-order valence-electron chi connectivity index (χ0n) is 25.1. The van der Waals surface area contributed by atoms with Crippen LogP contribution in [0.4, 0.5) is 0 Å². The SMILES string of the molecule is CCCc1ccc(CCC2CC=C(CCOCCC3=CCC(CCc4ccc(CCC)cc4)CC3)CC2)cc1. The first-order valence-corrected chi connectivity index (χ1v) is 16.3. The fraction of sp³-hybridized carbons (Fsp3) is 0.579. The summed E-state index contributed by atoms with van der Waals surface area (Å²) in [5.74, 6) is 1.72. The third-order valence-corrected chi connectivity index (χ3v) is 9.17. The minimum absolute atomic E-state index is 0.860. The molecule has 2 aliphatic carbocycles. The van der Waals surface area contributed by atoms with E-state index in [9.17, 15) is 0 Å². The summed E-state index contributed by atoms with van der Waals surface area (Å²) < 4.78 is 6.08. The highest BCUT2D eigenvalue weighted by atomic mass is 16.5. The van der Waals surface area contributed by atoms with Gasteiger partial charge in [0.25, 0.3) is 0 Å². The van der Waals surface area contributed by atoms with Gasteiger partial charge in [-0.15, -0.1) is 0 Å². The fourth-order valence-corrected chi connectivity index (χ4v) is 6.44. The van der Waals surface area contributed by atoms with Crippen molar-refractivity contribution >= 4 is 0 Å². The molecule has 0 N–H and O–H groups in total. The Hall–Kier alpha value is -2.12. The number of aryl methyl sites for hydroxylation is 4. The topological polar surface area (TPSA) is 9.23 Å². The molecule has 2 aliphatic rings. The van der Waals surface area contributed by atoms with Crippen LogP contribution in [0, 0.1) is 11.8 Å². The van der Waals surface area contributed by atoms with Gasteiger partial charge in [-0.1, -0.05) is 98.5 Å². The lowest BCUT2D eigenvalue weighted by Gasteiger charge is -2.23. The summed E-state index contributed by atoms with van der Waals surface area (Å²) in [5, 5.41) is 0. The van der Waals surface area contributed by atoms with Crippen LogP contribution in [0.1, 0.15) is 113 Å². The van der Waals surface area contributed by atoms with Crippen molar-refractivity contribution in [1.82, 2.24) is 0 Å². The van der Waals surface area contributed by atoms with Crippen molar-refractivity contribution in [1.29, 1.82) is 0 Å². The van der Waals surface area contributed by atoms with Crippen molar-refractivity contribution in [2.75, 3.05) is 13.2 Å². The van der Waals surface area contributed by atoms with Gasteiger partial charge in [-0.2, -0.15) is 0 Å². The second kappa shape index (κ2) is 16.9. The summed E-state index contributed by atoms with van der Waals surface area (Å²) >= 11 is 0. The molecule has 0 saturated carbocycles. The van der Waals surface area contributed by atoms with Crippen molar-refractivity contribution in [2.24, 2.45) is 11.8 Å². The Balaban J connectivity index is 1.03. The number of ether oxygens (including phenoxy) is 1. The molecule has 39 heavy (non-hydrogen) atoms. The molecular formula is C38H54O. The fourth-order valence-electron chi connectivity index (χ4n) is 6.44. The molecule has 0 aliphatic heterocycles. The molecule has 0 radical (unpaired) electrons. The Kier molecular flexibility index (Phi) is 12.9. The largest absolute Gasteiger partial charge is 0.381 e. The number of benzene rings is 2. The summed E-state index contributed by atoms with van der Waals surface area (Å²) in [6.45, 7) is 6.30.